The van der Waals surface area contributed by atoms with E-state index in [1.807, 2.05) is 21.9 Å². The number of rotatable bonds is 7. The molecule has 50 heavy (non-hydrogen) atoms. The Hall–Kier alpha value is -3.54. The second-order valence-electron chi connectivity index (χ2n) is 13.3. The number of alkyl halides is 3. The predicted molar refractivity (Wildman–Crippen MR) is 189 cm³/mol. The Bertz CT molecular complexity index is 1670. The Morgan fingerprint density at radius 3 is 2.14 bits per heavy atom. The molecule has 0 atom stereocenters. The number of carboxylic acid groups (broad SMARTS) is 1. The summed E-state index contributed by atoms with van der Waals surface area (Å²) in [4.78, 5) is 41.4. The van der Waals surface area contributed by atoms with Gasteiger partial charge in [-0.2, -0.15) is 13.2 Å². The van der Waals surface area contributed by atoms with Crippen molar-refractivity contribution in [2.24, 2.45) is 5.92 Å². The molecule has 270 valence electrons. The first kappa shape index (κ1) is 37.7. The van der Waals surface area contributed by atoms with Gasteiger partial charge in [-0.05, 0) is 105 Å². The van der Waals surface area contributed by atoms with Crippen LogP contribution in [0.3, 0.4) is 0 Å². The highest BCUT2D eigenvalue weighted by Gasteiger charge is 2.38. The van der Waals surface area contributed by atoms with Gasteiger partial charge in [-0.1, -0.05) is 47.5 Å². The van der Waals surface area contributed by atoms with E-state index < -0.39 is 12.1 Å². The summed E-state index contributed by atoms with van der Waals surface area (Å²) in [6, 6.07) is 14.0. The zero-order valence-electron chi connectivity index (χ0n) is 27.9. The molecule has 1 aromatic heterocycles. The second kappa shape index (κ2) is 17.1. The Morgan fingerprint density at radius 1 is 0.840 bits per heavy atom. The van der Waals surface area contributed by atoms with Gasteiger partial charge in [0.25, 0.3) is 0 Å². The van der Waals surface area contributed by atoms with Crippen molar-refractivity contribution in [2.75, 3.05) is 45.8 Å². The number of aromatic nitrogens is 1. The summed E-state index contributed by atoms with van der Waals surface area (Å²) in [5.41, 5.74) is 3.46. The van der Waals surface area contributed by atoms with E-state index in [2.05, 4.69) is 39.9 Å². The molecule has 3 saturated heterocycles. The first-order chi connectivity index (χ1) is 23.9. The molecule has 1 N–H and O–H groups in total. The highest BCUT2D eigenvalue weighted by molar-refractivity contribution is 6.42. The molecule has 2 amide bonds. The number of nitrogens with zero attached hydrogens (tertiary/aromatic N) is 4. The van der Waals surface area contributed by atoms with Gasteiger partial charge >= 0.3 is 12.1 Å². The fourth-order valence-electron chi connectivity index (χ4n) is 7.14. The predicted octanol–water partition coefficient (Wildman–Crippen LogP) is 7.73. The van der Waals surface area contributed by atoms with Crippen molar-refractivity contribution in [1.82, 2.24) is 19.3 Å². The number of aliphatic carboxylic acids is 1. The molecule has 0 unspecified atom stereocenters. The number of halogens is 5. The largest absolute Gasteiger partial charge is 0.490 e. The van der Waals surface area contributed by atoms with Crippen LogP contribution in [0, 0.1) is 5.92 Å². The minimum atomic E-state index is -5.08. The van der Waals surface area contributed by atoms with Crippen molar-refractivity contribution in [2.45, 2.75) is 63.6 Å². The molecule has 8 nitrogen and oxygen atoms in total. The number of carbonyl (C=O) groups excluding carboxylic acids is 2. The molecular weight excluding hydrogens is 692 g/mol. The van der Waals surface area contributed by atoms with E-state index in [1.165, 1.54) is 22.9 Å². The van der Waals surface area contributed by atoms with E-state index in [-0.39, 0.29) is 11.8 Å². The molecule has 3 aliphatic rings. The van der Waals surface area contributed by atoms with Gasteiger partial charge in [0.05, 0.1) is 10.0 Å². The first-order valence-corrected chi connectivity index (χ1v) is 17.9. The molecule has 2 aromatic carbocycles. The van der Waals surface area contributed by atoms with Gasteiger partial charge in [-0.25, -0.2) is 4.79 Å². The monoisotopic (exact) mass is 734 g/mol. The zero-order chi connectivity index (χ0) is 35.8. The molecular formula is C37H43Cl2F3N4O4. The van der Waals surface area contributed by atoms with Crippen LogP contribution < -0.4 is 0 Å². The molecule has 0 radical (unpaired) electrons. The number of likely N-dealkylation sites (tertiary alicyclic amines) is 3. The lowest BCUT2D eigenvalue weighted by Gasteiger charge is -2.37. The molecule has 0 spiro atoms. The summed E-state index contributed by atoms with van der Waals surface area (Å²) >= 11 is 12.1. The van der Waals surface area contributed by atoms with Gasteiger partial charge in [0, 0.05) is 55.9 Å². The van der Waals surface area contributed by atoms with Crippen molar-refractivity contribution in [3.8, 4) is 0 Å². The first-order valence-electron chi connectivity index (χ1n) is 17.2. The maximum absolute atomic E-state index is 13.1. The van der Waals surface area contributed by atoms with E-state index in [0.29, 0.717) is 28.4 Å². The normalized spacial score (nSPS) is 18.3. The van der Waals surface area contributed by atoms with E-state index >= 15 is 0 Å². The van der Waals surface area contributed by atoms with Crippen LogP contribution in [0.4, 0.5) is 13.2 Å². The standard InChI is InChI=1S/C35H42Cl2N4O2.C2HF3O2/c36-31-10-8-26(22-32(31)37)9-11-34(42)40-20-12-27(13-21-40)23-38-18-14-28(15-19-38)30-24-41(33-7-3-2-6-29(30)33)25-35(43)39-16-4-1-5-17-39;3-2(4,5)1(6)7/h2-3,6-11,22,24,27-28H,1,4-5,12-21,23,25H2;(H,6,7)/b11-9+;. The van der Waals surface area contributed by atoms with E-state index in [1.54, 1.807) is 18.2 Å². The molecule has 13 heteroatoms. The van der Waals surface area contributed by atoms with Crippen LogP contribution >= 0.6 is 23.2 Å². The summed E-state index contributed by atoms with van der Waals surface area (Å²) in [6.07, 6.45) is 8.50. The summed E-state index contributed by atoms with van der Waals surface area (Å²) in [7, 11) is 0. The molecule has 0 aliphatic carbocycles. The maximum atomic E-state index is 13.1. The van der Waals surface area contributed by atoms with Gasteiger partial charge in [0.15, 0.2) is 0 Å². The molecule has 4 heterocycles. The third kappa shape index (κ3) is 10.0. The van der Waals surface area contributed by atoms with E-state index in [9.17, 15) is 22.8 Å². The lowest BCUT2D eigenvalue weighted by molar-refractivity contribution is -0.192. The molecule has 0 bridgehead atoms. The fourth-order valence-corrected chi connectivity index (χ4v) is 7.44. The van der Waals surface area contributed by atoms with Gasteiger partial charge in [-0.3, -0.25) is 9.59 Å². The van der Waals surface area contributed by atoms with Crippen LogP contribution in [-0.4, -0.2) is 94.1 Å². The molecule has 0 saturated carbocycles. The minimum Gasteiger partial charge on any atom is -0.475 e. The summed E-state index contributed by atoms with van der Waals surface area (Å²) in [5.74, 6) is -1.30. The summed E-state index contributed by atoms with van der Waals surface area (Å²) in [6.45, 7) is 7.16. The number of carboxylic acids is 1. The average Bonchev–Trinajstić information content (AvgIpc) is 3.47. The SMILES string of the molecule is O=C(/C=C/c1ccc(Cl)c(Cl)c1)N1CCC(CN2CCC(c3cn(CC(=O)N4CCCCC4)c4ccccc34)CC2)CC1.O=C(O)C(F)(F)F. The zero-order valence-corrected chi connectivity index (χ0v) is 29.4. The van der Waals surface area contributed by atoms with Crippen molar-refractivity contribution in [1.29, 1.82) is 0 Å². The van der Waals surface area contributed by atoms with Crippen molar-refractivity contribution in [3.05, 3.63) is 75.9 Å². The molecule has 3 fully saturated rings. The Kier molecular flexibility index (Phi) is 12.9. The van der Waals surface area contributed by atoms with Gasteiger partial charge in [0.1, 0.15) is 6.54 Å². The van der Waals surface area contributed by atoms with Crippen LogP contribution in [-0.2, 0) is 20.9 Å². The van der Waals surface area contributed by atoms with E-state index in [0.717, 1.165) is 89.9 Å². The third-order valence-electron chi connectivity index (χ3n) is 9.91. The number of hydrogen-bond donors (Lipinski definition) is 1. The number of piperidine rings is 3. The van der Waals surface area contributed by atoms with E-state index in [4.69, 9.17) is 33.1 Å². The number of para-hydroxylation sites is 1. The smallest absolute Gasteiger partial charge is 0.475 e. The maximum Gasteiger partial charge on any atom is 0.490 e. The lowest BCUT2D eigenvalue weighted by Crippen LogP contribution is -2.42. The highest BCUT2D eigenvalue weighted by Crippen LogP contribution is 2.35. The van der Waals surface area contributed by atoms with Crippen LogP contribution in [0.1, 0.15) is 62.0 Å². The summed E-state index contributed by atoms with van der Waals surface area (Å²) in [5, 5.41) is 9.44. The fraction of sp³-hybridized carbons (Fsp3) is 0.486. The third-order valence-corrected chi connectivity index (χ3v) is 10.6. The molecule has 3 aliphatic heterocycles. The van der Waals surface area contributed by atoms with Crippen LogP contribution in [0.5, 0.6) is 0 Å². The number of hydrogen-bond acceptors (Lipinski definition) is 4. The number of benzene rings is 2. The number of fused-ring (bicyclic) bond motifs is 1. The van der Waals surface area contributed by atoms with Gasteiger partial charge in [-0.15, -0.1) is 0 Å². The van der Waals surface area contributed by atoms with Crippen molar-refractivity contribution >= 4 is 58.0 Å². The number of amides is 2. The van der Waals surface area contributed by atoms with Crippen molar-refractivity contribution < 1.29 is 32.7 Å². The summed E-state index contributed by atoms with van der Waals surface area (Å²) < 4.78 is 33.9. The average molecular weight is 736 g/mol. The Morgan fingerprint density at radius 2 is 1.50 bits per heavy atom. The highest BCUT2D eigenvalue weighted by atomic mass is 35.5. The molecule has 3 aromatic rings. The van der Waals surface area contributed by atoms with Crippen LogP contribution in [0.15, 0.2) is 54.7 Å². The van der Waals surface area contributed by atoms with Gasteiger partial charge < -0.3 is 24.4 Å². The minimum absolute atomic E-state index is 0.0575. The van der Waals surface area contributed by atoms with Crippen LogP contribution in [0.2, 0.25) is 10.0 Å². The quantitative estimate of drug-likeness (QED) is 0.251. The second-order valence-corrected chi connectivity index (χ2v) is 14.1. The number of carbonyl (C=O) groups is 3. The Labute approximate surface area is 300 Å². The topological polar surface area (TPSA) is 86.1 Å². The molecule has 6 rings (SSSR count). The lowest BCUT2D eigenvalue weighted by atomic mass is 9.88. The van der Waals surface area contributed by atoms with Crippen molar-refractivity contribution in [3.63, 3.8) is 0 Å². The van der Waals surface area contributed by atoms with Gasteiger partial charge in [0.2, 0.25) is 11.8 Å². The Balaban J connectivity index is 0.000000630. The van der Waals surface area contributed by atoms with Crippen LogP contribution in [0.25, 0.3) is 17.0 Å².